The number of benzene rings is 1. The van der Waals surface area contributed by atoms with E-state index >= 15 is 0 Å². The van der Waals surface area contributed by atoms with Crippen molar-refractivity contribution in [2.75, 3.05) is 26.3 Å². The molecule has 0 unspecified atom stereocenters. The first-order chi connectivity index (χ1) is 8.86. The Hall–Kier alpha value is -1.06. The number of hydrogen-bond acceptors (Lipinski definition) is 2. The van der Waals surface area contributed by atoms with Gasteiger partial charge in [-0.2, -0.15) is 0 Å². The first-order valence-electron chi connectivity index (χ1n) is 6.98. The van der Waals surface area contributed by atoms with E-state index in [9.17, 15) is 0 Å². The van der Waals surface area contributed by atoms with Gasteiger partial charge in [-0.3, -0.25) is 0 Å². The quantitative estimate of drug-likeness (QED) is 0.744. The Balaban J connectivity index is 1.52. The van der Waals surface area contributed by atoms with Crippen LogP contribution in [0.3, 0.4) is 0 Å². The molecule has 0 aliphatic carbocycles. The topological polar surface area (TPSA) is 35.1 Å². The fraction of sp³-hybridized carbons (Fsp3) is 0.600. The van der Waals surface area contributed by atoms with Gasteiger partial charge in [-0.25, -0.2) is 0 Å². The van der Waals surface area contributed by atoms with E-state index in [2.05, 4.69) is 18.3 Å². The van der Waals surface area contributed by atoms with Crippen LogP contribution in [0.25, 0.3) is 0 Å². The maximum Gasteiger partial charge on any atom is 0.122 e. The van der Waals surface area contributed by atoms with Crippen molar-refractivity contribution in [3.63, 3.8) is 0 Å². The van der Waals surface area contributed by atoms with Crippen molar-refractivity contribution in [1.82, 2.24) is 0 Å². The van der Waals surface area contributed by atoms with E-state index in [1.54, 1.807) is 0 Å². The summed E-state index contributed by atoms with van der Waals surface area (Å²) in [5.74, 6) is 1.01. The monoisotopic (exact) mass is 250 g/mol. The van der Waals surface area contributed by atoms with Crippen LogP contribution in [-0.2, 0) is 4.74 Å². The lowest BCUT2D eigenvalue weighted by Gasteiger charge is -2.09. The molecule has 3 nitrogen and oxygen atoms in total. The summed E-state index contributed by atoms with van der Waals surface area (Å²) in [6.07, 6.45) is 4.04. The molecule has 2 N–H and O–H groups in total. The molecule has 1 heterocycles. The molecule has 1 saturated heterocycles. The molecule has 18 heavy (non-hydrogen) atoms. The highest BCUT2D eigenvalue weighted by atomic mass is 16.5. The molecule has 0 aromatic heterocycles. The Morgan fingerprint density at radius 3 is 3.06 bits per heavy atom. The van der Waals surface area contributed by atoms with Gasteiger partial charge in [-0.05, 0) is 31.4 Å². The van der Waals surface area contributed by atoms with E-state index in [-0.39, 0.29) is 0 Å². The lowest BCUT2D eigenvalue weighted by atomic mass is 10.2. The Morgan fingerprint density at radius 2 is 2.28 bits per heavy atom. The second-order valence-corrected chi connectivity index (χ2v) is 4.92. The van der Waals surface area contributed by atoms with Crippen molar-refractivity contribution in [3.05, 3.63) is 29.8 Å². The van der Waals surface area contributed by atoms with Crippen LogP contribution in [0.1, 0.15) is 24.8 Å². The van der Waals surface area contributed by atoms with Gasteiger partial charge in [0.15, 0.2) is 0 Å². The van der Waals surface area contributed by atoms with Gasteiger partial charge in [0, 0.05) is 13.0 Å². The maximum atomic E-state index is 5.76. The third-order valence-electron chi connectivity index (χ3n) is 3.36. The number of aryl methyl sites for hydroxylation is 1. The second kappa shape index (κ2) is 7.39. The third-order valence-corrected chi connectivity index (χ3v) is 3.36. The highest BCUT2D eigenvalue weighted by Gasteiger charge is 2.16. The lowest BCUT2D eigenvalue weighted by Crippen LogP contribution is -2.86. The Kier molecular flexibility index (Phi) is 5.49. The summed E-state index contributed by atoms with van der Waals surface area (Å²) >= 11 is 0. The molecule has 2 rings (SSSR count). The molecule has 1 aliphatic rings. The average Bonchev–Trinajstić information content (AvgIpc) is 2.89. The normalized spacial score (nSPS) is 19.1. The molecule has 0 radical (unpaired) electrons. The van der Waals surface area contributed by atoms with Crippen molar-refractivity contribution < 1.29 is 14.8 Å². The van der Waals surface area contributed by atoms with Crippen LogP contribution in [0.5, 0.6) is 5.75 Å². The van der Waals surface area contributed by atoms with E-state index in [1.807, 2.05) is 18.2 Å². The fourth-order valence-electron chi connectivity index (χ4n) is 2.26. The molecule has 0 spiro atoms. The molecule has 1 aliphatic heterocycles. The van der Waals surface area contributed by atoms with Crippen LogP contribution in [0.4, 0.5) is 0 Å². The SMILES string of the molecule is Cc1ccccc1OCCC[NH2+]C[C@H]1CCCO1. The zero-order valence-corrected chi connectivity index (χ0v) is 11.2. The summed E-state index contributed by atoms with van der Waals surface area (Å²) in [4.78, 5) is 0. The number of hydrogen-bond donors (Lipinski definition) is 1. The molecule has 100 valence electrons. The van der Waals surface area contributed by atoms with Gasteiger partial charge in [-0.1, -0.05) is 18.2 Å². The van der Waals surface area contributed by atoms with Crippen LogP contribution in [-0.4, -0.2) is 32.4 Å². The molecule has 1 aromatic rings. The lowest BCUT2D eigenvalue weighted by molar-refractivity contribution is -0.661. The van der Waals surface area contributed by atoms with Crippen LogP contribution >= 0.6 is 0 Å². The van der Waals surface area contributed by atoms with Crippen molar-refractivity contribution in [2.45, 2.75) is 32.3 Å². The maximum absolute atomic E-state index is 5.76. The van der Waals surface area contributed by atoms with Gasteiger partial charge in [0.1, 0.15) is 18.4 Å². The van der Waals surface area contributed by atoms with E-state index in [4.69, 9.17) is 9.47 Å². The van der Waals surface area contributed by atoms with Crippen LogP contribution in [0, 0.1) is 6.92 Å². The van der Waals surface area contributed by atoms with Crippen LogP contribution in [0.2, 0.25) is 0 Å². The summed E-state index contributed by atoms with van der Waals surface area (Å²) < 4.78 is 11.3. The minimum absolute atomic E-state index is 0.488. The standard InChI is InChI=1S/C15H23NO2/c1-13-6-2-3-8-15(13)18-11-5-9-16-12-14-7-4-10-17-14/h2-3,6,8,14,16H,4-5,7,9-12H2,1H3/p+1/t14-/m1/s1. The van der Waals surface area contributed by atoms with E-state index in [1.165, 1.54) is 18.4 Å². The minimum atomic E-state index is 0.488. The average molecular weight is 250 g/mol. The number of ether oxygens (including phenoxy) is 2. The first-order valence-corrected chi connectivity index (χ1v) is 6.98. The predicted molar refractivity (Wildman–Crippen MR) is 71.9 cm³/mol. The van der Waals surface area contributed by atoms with Crippen molar-refractivity contribution >= 4 is 0 Å². The minimum Gasteiger partial charge on any atom is -0.493 e. The smallest absolute Gasteiger partial charge is 0.122 e. The number of quaternary nitrogens is 1. The van der Waals surface area contributed by atoms with Gasteiger partial charge in [-0.15, -0.1) is 0 Å². The highest BCUT2D eigenvalue weighted by molar-refractivity contribution is 5.31. The number of para-hydroxylation sites is 1. The molecule has 1 fully saturated rings. The predicted octanol–water partition coefficient (Wildman–Crippen LogP) is 1.51. The van der Waals surface area contributed by atoms with Crippen molar-refractivity contribution in [2.24, 2.45) is 0 Å². The van der Waals surface area contributed by atoms with E-state index < -0.39 is 0 Å². The Bertz CT molecular complexity index is 348. The summed E-state index contributed by atoms with van der Waals surface area (Å²) in [5.41, 5.74) is 1.21. The zero-order valence-electron chi connectivity index (χ0n) is 11.2. The largest absolute Gasteiger partial charge is 0.493 e. The zero-order chi connectivity index (χ0) is 12.6. The van der Waals surface area contributed by atoms with Gasteiger partial charge >= 0.3 is 0 Å². The summed E-state index contributed by atoms with van der Waals surface area (Å²) in [5, 5.41) is 2.34. The van der Waals surface area contributed by atoms with Crippen molar-refractivity contribution in [1.29, 1.82) is 0 Å². The molecule has 1 aromatic carbocycles. The molecular weight excluding hydrogens is 226 g/mol. The van der Waals surface area contributed by atoms with Crippen molar-refractivity contribution in [3.8, 4) is 5.75 Å². The second-order valence-electron chi connectivity index (χ2n) is 4.92. The van der Waals surface area contributed by atoms with Gasteiger partial charge in [0.2, 0.25) is 0 Å². The molecule has 0 saturated carbocycles. The summed E-state index contributed by atoms with van der Waals surface area (Å²) in [7, 11) is 0. The Morgan fingerprint density at radius 1 is 1.39 bits per heavy atom. The molecule has 0 amide bonds. The van der Waals surface area contributed by atoms with Gasteiger partial charge in [0.25, 0.3) is 0 Å². The van der Waals surface area contributed by atoms with Crippen LogP contribution in [0.15, 0.2) is 24.3 Å². The number of nitrogens with two attached hydrogens (primary N) is 1. The summed E-state index contributed by atoms with van der Waals surface area (Å²) in [6.45, 7) is 6.05. The van der Waals surface area contributed by atoms with Crippen LogP contribution < -0.4 is 10.1 Å². The fourth-order valence-corrected chi connectivity index (χ4v) is 2.26. The molecule has 0 bridgehead atoms. The van der Waals surface area contributed by atoms with Gasteiger partial charge in [0.05, 0.1) is 13.2 Å². The Labute approximate surface area is 109 Å². The summed E-state index contributed by atoms with van der Waals surface area (Å²) in [6, 6.07) is 8.17. The van der Waals surface area contributed by atoms with E-state index in [0.717, 1.165) is 38.5 Å². The first kappa shape index (κ1) is 13.4. The number of rotatable bonds is 7. The van der Waals surface area contributed by atoms with E-state index in [0.29, 0.717) is 6.10 Å². The molecule has 1 atom stereocenters. The molecular formula is C15H24NO2+. The molecule has 3 heteroatoms. The third kappa shape index (κ3) is 4.31. The van der Waals surface area contributed by atoms with Gasteiger partial charge < -0.3 is 14.8 Å². The highest BCUT2D eigenvalue weighted by Crippen LogP contribution is 2.15.